The van der Waals surface area contributed by atoms with Crippen molar-refractivity contribution in [2.75, 3.05) is 0 Å². The molecular weight excluding hydrogens is 214 g/mol. The minimum atomic E-state index is 0.233. The number of aromatic amines is 1. The van der Waals surface area contributed by atoms with Crippen molar-refractivity contribution in [2.24, 2.45) is 0 Å². The summed E-state index contributed by atoms with van der Waals surface area (Å²) in [7, 11) is 0. The summed E-state index contributed by atoms with van der Waals surface area (Å²) in [6.07, 6.45) is 3.42. The molecule has 3 rings (SSSR count). The van der Waals surface area contributed by atoms with Crippen LogP contribution in [0.5, 0.6) is 5.75 Å². The quantitative estimate of drug-likeness (QED) is 0.669. The van der Waals surface area contributed by atoms with Gasteiger partial charge in [-0.05, 0) is 30.7 Å². The van der Waals surface area contributed by atoms with Crippen molar-refractivity contribution in [3.8, 4) is 17.1 Å². The van der Waals surface area contributed by atoms with E-state index < -0.39 is 0 Å². The number of aryl methyl sites for hydroxylation is 1. The number of fused-ring (bicyclic) bond motifs is 1. The number of nitrogens with zero attached hydrogens (tertiary/aromatic N) is 2. The number of nitrogens with one attached hydrogen (secondary N) is 1. The van der Waals surface area contributed by atoms with Crippen molar-refractivity contribution in [1.29, 1.82) is 0 Å². The lowest BCUT2D eigenvalue weighted by Gasteiger charge is -2.01. The second-order valence-electron chi connectivity index (χ2n) is 4.00. The van der Waals surface area contributed by atoms with Gasteiger partial charge in [0.1, 0.15) is 11.6 Å². The van der Waals surface area contributed by atoms with Gasteiger partial charge in [0.25, 0.3) is 0 Å². The first-order valence-electron chi connectivity index (χ1n) is 5.34. The Morgan fingerprint density at radius 1 is 1.24 bits per heavy atom. The first kappa shape index (κ1) is 9.84. The monoisotopic (exact) mass is 225 g/mol. The van der Waals surface area contributed by atoms with Crippen LogP contribution in [-0.2, 0) is 0 Å². The van der Waals surface area contributed by atoms with Crippen LogP contribution < -0.4 is 0 Å². The Kier molecular flexibility index (Phi) is 2.08. The summed E-state index contributed by atoms with van der Waals surface area (Å²) in [5, 5.41) is 9.89. The molecule has 0 amide bonds. The van der Waals surface area contributed by atoms with Crippen molar-refractivity contribution >= 4 is 11.0 Å². The van der Waals surface area contributed by atoms with Gasteiger partial charge in [-0.3, -0.25) is 4.98 Å². The normalized spacial score (nSPS) is 10.9. The SMILES string of the molecule is Cc1ccc(-c2nc3ccncc3[nH]2)c(O)c1. The van der Waals surface area contributed by atoms with Crippen LogP contribution in [0, 0.1) is 6.92 Å². The van der Waals surface area contributed by atoms with Crippen molar-refractivity contribution in [3.05, 3.63) is 42.2 Å². The molecule has 0 saturated heterocycles. The summed E-state index contributed by atoms with van der Waals surface area (Å²) in [5.41, 5.74) is 3.42. The second kappa shape index (κ2) is 3.59. The maximum atomic E-state index is 9.89. The highest BCUT2D eigenvalue weighted by molar-refractivity contribution is 5.79. The topological polar surface area (TPSA) is 61.8 Å². The number of rotatable bonds is 1. The molecule has 0 radical (unpaired) electrons. The van der Waals surface area contributed by atoms with Gasteiger partial charge >= 0.3 is 0 Å². The zero-order valence-electron chi connectivity index (χ0n) is 9.31. The Balaban J connectivity index is 2.20. The molecular formula is C13H11N3O. The van der Waals surface area contributed by atoms with Crippen LogP contribution in [0.2, 0.25) is 0 Å². The number of aromatic nitrogens is 3. The number of benzene rings is 1. The predicted octanol–water partition coefficient (Wildman–Crippen LogP) is 2.64. The van der Waals surface area contributed by atoms with E-state index in [4.69, 9.17) is 0 Å². The molecule has 1 aromatic carbocycles. The Hall–Kier alpha value is -2.36. The number of hydrogen-bond donors (Lipinski definition) is 2. The highest BCUT2D eigenvalue weighted by Gasteiger charge is 2.09. The number of hydrogen-bond acceptors (Lipinski definition) is 3. The van der Waals surface area contributed by atoms with E-state index in [1.807, 2.05) is 25.1 Å². The molecule has 0 fully saturated rings. The van der Waals surface area contributed by atoms with E-state index in [2.05, 4.69) is 15.0 Å². The largest absolute Gasteiger partial charge is 0.507 e. The molecule has 3 aromatic rings. The number of H-pyrrole nitrogens is 1. The highest BCUT2D eigenvalue weighted by Crippen LogP contribution is 2.28. The van der Waals surface area contributed by atoms with Gasteiger partial charge in [-0.2, -0.15) is 0 Å². The summed E-state index contributed by atoms with van der Waals surface area (Å²) >= 11 is 0. The van der Waals surface area contributed by atoms with E-state index in [0.29, 0.717) is 11.4 Å². The van der Waals surface area contributed by atoms with Gasteiger partial charge in [0.15, 0.2) is 0 Å². The first-order chi connectivity index (χ1) is 8.24. The van der Waals surface area contributed by atoms with Crippen LogP contribution in [-0.4, -0.2) is 20.1 Å². The molecule has 4 heteroatoms. The van der Waals surface area contributed by atoms with E-state index in [0.717, 1.165) is 16.6 Å². The Morgan fingerprint density at radius 3 is 2.88 bits per heavy atom. The number of phenolic OH excluding ortho intramolecular Hbond substituents is 1. The lowest BCUT2D eigenvalue weighted by atomic mass is 10.1. The fourth-order valence-electron chi connectivity index (χ4n) is 1.83. The van der Waals surface area contributed by atoms with Gasteiger partial charge in [-0.1, -0.05) is 6.07 Å². The van der Waals surface area contributed by atoms with Gasteiger partial charge in [0, 0.05) is 6.20 Å². The average Bonchev–Trinajstić information content (AvgIpc) is 2.72. The Bertz CT molecular complexity index is 655. The number of imidazole rings is 1. The van der Waals surface area contributed by atoms with Crippen LogP contribution in [0.3, 0.4) is 0 Å². The van der Waals surface area contributed by atoms with Crippen LogP contribution in [0.1, 0.15) is 5.56 Å². The minimum Gasteiger partial charge on any atom is -0.507 e. The van der Waals surface area contributed by atoms with E-state index in [9.17, 15) is 5.11 Å². The van der Waals surface area contributed by atoms with Crippen molar-refractivity contribution in [3.63, 3.8) is 0 Å². The Morgan fingerprint density at radius 2 is 2.12 bits per heavy atom. The molecule has 84 valence electrons. The third kappa shape index (κ3) is 1.63. The van der Waals surface area contributed by atoms with Gasteiger partial charge in [-0.25, -0.2) is 4.98 Å². The van der Waals surface area contributed by atoms with Gasteiger partial charge in [0.2, 0.25) is 0 Å². The van der Waals surface area contributed by atoms with E-state index in [1.54, 1.807) is 18.5 Å². The zero-order valence-corrected chi connectivity index (χ0v) is 9.31. The molecule has 0 unspecified atom stereocenters. The molecule has 0 bridgehead atoms. The summed E-state index contributed by atoms with van der Waals surface area (Å²) in [6.45, 7) is 1.94. The number of phenols is 1. The second-order valence-corrected chi connectivity index (χ2v) is 4.00. The van der Waals surface area contributed by atoms with Crippen molar-refractivity contribution in [2.45, 2.75) is 6.92 Å². The molecule has 2 heterocycles. The van der Waals surface area contributed by atoms with Gasteiger partial charge in [0.05, 0.1) is 22.8 Å². The summed E-state index contributed by atoms with van der Waals surface area (Å²) in [5.74, 6) is 0.891. The van der Waals surface area contributed by atoms with Gasteiger partial charge in [-0.15, -0.1) is 0 Å². The summed E-state index contributed by atoms with van der Waals surface area (Å²) in [4.78, 5) is 11.6. The zero-order chi connectivity index (χ0) is 11.8. The fraction of sp³-hybridized carbons (Fsp3) is 0.0769. The van der Waals surface area contributed by atoms with Crippen LogP contribution in [0.4, 0.5) is 0 Å². The van der Waals surface area contributed by atoms with Crippen LogP contribution >= 0.6 is 0 Å². The smallest absolute Gasteiger partial charge is 0.142 e. The fourth-order valence-corrected chi connectivity index (χ4v) is 1.83. The molecule has 0 saturated carbocycles. The van der Waals surface area contributed by atoms with E-state index in [-0.39, 0.29) is 5.75 Å². The molecule has 0 spiro atoms. The molecule has 17 heavy (non-hydrogen) atoms. The van der Waals surface area contributed by atoms with Gasteiger partial charge < -0.3 is 10.1 Å². The molecule has 0 aliphatic heterocycles. The molecule has 2 N–H and O–H groups in total. The lowest BCUT2D eigenvalue weighted by molar-refractivity contribution is 0.476. The summed E-state index contributed by atoms with van der Waals surface area (Å²) in [6, 6.07) is 7.36. The Labute approximate surface area is 98.0 Å². The minimum absolute atomic E-state index is 0.233. The van der Waals surface area contributed by atoms with Crippen molar-refractivity contribution < 1.29 is 5.11 Å². The molecule has 0 aliphatic carbocycles. The standard InChI is InChI=1S/C13H11N3O/c1-8-2-3-9(12(17)6-8)13-15-10-4-5-14-7-11(10)16-13/h2-7,17H,1H3,(H,15,16). The first-order valence-corrected chi connectivity index (χ1v) is 5.34. The average molecular weight is 225 g/mol. The van der Waals surface area contributed by atoms with E-state index in [1.165, 1.54) is 0 Å². The number of pyridine rings is 1. The third-order valence-electron chi connectivity index (χ3n) is 2.69. The maximum Gasteiger partial charge on any atom is 0.142 e. The third-order valence-corrected chi connectivity index (χ3v) is 2.69. The van der Waals surface area contributed by atoms with Crippen LogP contribution in [0.25, 0.3) is 22.4 Å². The molecule has 0 atom stereocenters. The van der Waals surface area contributed by atoms with E-state index >= 15 is 0 Å². The highest BCUT2D eigenvalue weighted by atomic mass is 16.3. The van der Waals surface area contributed by atoms with Crippen LogP contribution in [0.15, 0.2) is 36.7 Å². The molecule has 4 nitrogen and oxygen atoms in total. The number of aromatic hydroxyl groups is 1. The maximum absolute atomic E-state index is 9.89. The molecule has 0 aliphatic rings. The summed E-state index contributed by atoms with van der Waals surface area (Å²) < 4.78 is 0. The predicted molar refractivity (Wildman–Crippen MR) is 65.7 cm³/mol. The lowest BCUT2D eigenvalue weighted by Crippen LogP contribution is -1.82. The van der Waals surface area contributed by atoms with Crippen molar-refractivity contribution in [1.82, 2.24) is 15.0 Å². The molecule has 2 aromatic heterocycles.